The van der Waals surface area contributed by atoms with Crippen molar-refractivity contribution >= 4 is 25.7 Å². The maximum atomic E-state index is 12.8. The zero-order valence-corrected chi connectivity index (χ0v) is 17.1. The van der Waals surface area contributed by atoms with Crippen LogP contribution in [0.1, 0.15) is 29.5 Å². The maximum Gasteiger partial charge on any atom is 0.241 e. The molecule has 6 nitrogen and oxygen atoms in total. The van der Waals surface area contributed by atoms with Gasteiger partial charge in [-0.25, -0.2) is 21.6 Å². The topological polar surface area (TPSA) is 83.6 Å². The fourth-order valence-corrected chi connectivity index (χ4v) is 6.10. The fourth-order valence-electron chi connectivity index (χ4n) is 3.19. The lowest BCUT2D eigenvalue weighted by Crippen LogP contribution is -2.38. The normalized spacial score (nSPS) is 17.0. The van der Waals surface area contributed by atoms with E-state index < -0.39 is 20.0 Å². The first kappa shape index (κ1) is 19.9. The van der Waals surface area contributed by atoms with Crippen molar-refractivity contribution in [2.24, 2.45) is 0 Å². The molecule has 0 unspecified atom stereocenters. The van der Waals surface area contributed by atoms with Crippen molar-refractivity contribution in [1.29, 1.82) is 0 Å². The van der Waals surface area contributed by atoms with Gasteiger partial charge in [-0.05, 0) is 49.9 Å². The molecule has 2 aromatic rings. The number of hydrogen-bond acceptors (Lipinski definition) is 4. The standard InChI is InChI=1S/C19H24N2O4S2/c1-15-6-5-7-17(12-15)14-20-27(24,25)19-13-18(9-8-16(19)2)21-10-3-4-11-26(21,22)23/h5-9,12-13,20H,3-4,10-11,14H2,1-2H3. The molecule has 1 saturated heterocycles. The Morgan fingerprint density at radius 1 is 1.07 bits per heavy atom. The first-order chi connectivity index (χ1) is 12.7. The van der Waals surface area contributed by atoms with Crippen LogP contribution in [-0.4, -0.2) is 29.1 Å². The number of sulfonamides is 2. The van der Waals surface area contributed by atoms with Crippen molar-refractivity contribution in [3.63, 3.8) is 0 Å². The lowest BCUT2D eigenvalue weighted by Gasteiger charge is -2.28. The number of nitrogens with zero attached hydrogens (tertiary/aromatic N) is 1. The molecule has 146 valence electrons. The Hall–Kier alpha value is -1.90. The summed E-state index contributed by atoms with van der Waals surface area (Å²) < 4.78 is 54.3. The Balaban J connectivity index is 1.88. The van der Waals surface area contributed by atoms with Gasteiger partial charge >= 0.3 is 0 Å². The summed E-state index contributed by atoms with van der Waals surface area (Å²) in [5.74, 6) is 0.0918. The summed E-state index contributed by atoms with van der Waals surface area (Å²) in [5.41, 5.74) is 2.90. The first-order valence-electron chi connectivity index (χ1n) is 8.85. The zero-order valence-electron chi connectivity index (χ0n) is 15.5. The molecule has 3 rings (SSSR count). The number of aryl methyl sites for hydroxylation is 2. The molecule has 1 N–H and O–H groups in total. The van der Waals surface area contributed by atoms with Crippen LogP contribution in [0, 0.1) is 13.8 Å². The number of benzene rings is 2. The molecule has 0 radical (unpaired) electrons. The van der Waals surface area contributed by atoms with Gasteiger partial charge in [-0.2, -0.15) is 0 Å². The van der Waals surface area contributed by atoms with Gasteiger partial charge in [-0.15, -0.1) is 0 Å². The van der Waals surface area contributed by atoms with Crippen LogP contribution in [0.5, 0.6) is 0 Å². The van der Waals surface area contributed by atoms with E-state index in [1.807, 2.05) is 31.2 Å². The van der Waals surface area contributed by atoms with Gasteiger partial charge in [0.05, 0.1) is 16.3 Å². The van der Waals surface area contributed by atoms with E-state index in [1.165, 1.54) is 10.4 Å². The highest BCUT2D eigenvalue weighted by molar-refractivity contribution is 7.92. The highest BCUT2D eigenvalue weighted by Crippen LogP contribution is 2.28. The van der Waals surface area contributed by atoms with Crippen LogP contribution in [0.4, 0.5) is 5.69 Å². The third-order valence-electron chi connectivity index (χ3n) is 4.65. The van der Waals surface area contributed by atoms with E-state index in [4.69, 9.17) is 0 Å². The molecule has 0 aromatic heterocycles. The van der Waals surface area contributed by atoms with Gasteiger partial charge in [0.2, 0.25) is 20.0 Å². The minimum atomic E-state index is -3.77. The van der Waals surface area contributed by atoms with Crippen molar-refractivity contribution < 1.29 is 16.8 Å². The predicted molar refractivity (Wildman–Crippen MR) is 107 cm³/mol. The molecule has 0 bridgehead atoms. The molecule has 2 aromatic carbocycles. The van der Waals surface area contributed by atoms with Gasteiger partial charge in [0.1, 0.15) is 0 Å². The van der Waals surface area contributed by atoms with E-state index in [-0.39, 0.29) is 17.2 Å². The largest absolute Gasteiger partial charge is 0.270 e. The molecule has 1 aliphatic rings. The Bertz CT molecular complexity index is 1050. The van der Waals surface area contributed by atoms with Crippen LogP contribution in [0.2, 0.25) is 0 Å². The van der Waals surface area contributed by atoms with Gasteiger partial charge in [-0.3, -0.25) is 4.31 Å². The molecule has 27 heavy (non-hydrogen) atoms. The van der Waals surface area contributed by atoms with Crippen LogP contribution in [0.3, 0.4) is 0 Å². The number of rotatable bonds is 5. The molecular formula is C19H24N2O4S2. The lowest BCUT2D eigenvalue weighted by atomic mass is 10.1. The van der Waals surface area contributed by atoms with Gasteiger partial charge in [0.25, 0.3) is 0 Å². The Labute approximate surface area is 161 Å². The molecule has 1 heterocycles. The van der Waals surface area contributed by atoms with Crippen LogP contribution in [0.25, 0.3) is 0 Å². The summed E-state index contributed by atoms with van der Waals surface area (Å²) in [6.07, 6.45) is 1.40. The molecule has 8 heteroatoms. The molecule has 1 fully saturated rings. The van der Waals surface area contributed by atoms with E-state index in [0.29, 0.717) is 24.2 Å². The summed E-state index contributed by atoms with van der Waals surface area (Å²) in [6.45, 7) is 4.21. The van der Waals surface area contributed by atoms with Crippen LogP contribution < -0.4 is 9.03 Å². The van der Waals surface area contributed by atoms with Crippen molar-refractivity contribution in [2.75, 3.05) is 16.6 Å². The third kappa shape index (κ3) is 4.51. The minimum absolute atomic E-state index is 0.0918. The lowest BCUT2D eigenvalue weighted by molar-refractivity contribution is 0.573. The second kappa shape index (κ2) is 7.61. The molecular weight excluding hydrogens is 384 g/mol. The number of anilines is 1. The molecule has 0 amide bonds. The average molecular weight is 409 g/mol. The molecule has 0 atom stereocenters. The SMILES string of the molecule is Cc1cccc(CNS(=O)(=O)c2cc(N3CCCCS3(=O)=O)ccc2C)c1. The third-order valence-corrected chi connectivity index (χ3v) is 8.06. The minimum Gasteiger partial charge on any atom is -0.270 e. The summed E-state index contributed by atoms with van der Waals surface area (Å²) in [7, 11) is -7.17. The quantitative estimate of drug-likeness (QED) is 0.825. The highest BCUT2D eigenvalue weighted by Gasteiger charge is 2.27. The van der Waals surface area contributed by atoms with E-state index in [1.54, 1.807) is 19.1 Å². The van der Waals surface area contributed by atoms with Crippen LogP contribution in [0.15, 0.2) is 47.4 Å². The summed E-state index contributed by atoms with van der Waals surface area (Å²) >= 11 is 0. The Kier molecular flexibility index (Phi) is 5.60. The smallest absolute Gasteiger partial charge is 0.241 e. The van der Waals surface area contributed by atoms with Crippen molar-refractivity contribution in [3.05, 3.63) is 59.2 Å². The first-order valence-corrected chi connectivity index (χ1v) is 11.9. The van der Waals surface area contributed by atoms with Gasteiger partial charge in [0.15, 0.2) is 0 Å². The maximum absolute atomic E-state index is 12.8. The van der Waals surface area contributed by atoms with Gasteiger partial charge in [0, 0.05) is 13.1 Å². The van der Waals surface area contributed by atoms with E-state index in [2.05, 4.69) is 4.72 Å². The summed E-state index contributed by atoms with van der Waals surface area (Å²) in [6, 6.07) is 12.4. The zero-order chi connectivity index (χ0) is 19.7. The van der Waals surface area contributed by atoms with Crippen molar-refractivity contribution in [2.45, 2.75) is 38.1 Å². The second-order valence-electron chi connectivity index (χ2n) is 6.86. The van der Waals surface area contributed by atoms with E-state index >= 15 is 0 Å². The molecule has 0 aliphatic carbocycles. The van der Waals surface area contributed by atoms with Gasteiger partial charge in [-0.1, -0.05) is 35.9 Å². The summed E-state index contributed by atoms with van der Waals surface area (Å²) in [4.78, 5) is 0.105. The Morgan fingerprint density at radius 3 is 2.56 bits per heavy atom. The predicted octanol–water partition coefficient (Wildman–Crippen LogP) is 2.71. The highest BCUT2D eigenvalue weighted by atomic mass is 32.2. The van der Waals surface area contributed by atoms with E-state index in [9.17, 15) is 16.8 Å². The Morgan fingerprint density at radius 2 is 1.85 bits per heavy atom. The van der Waals surface area contributed by atoms with Crippen LogP contribution >= 0.6 is 0 Å². The van der Waals surface area contributed by atoms with Crippen LogP contribution in [-0.2, 0) is 26.6 Å². The monoisotopic (exact) mass is 408 g/mol. The molecule has 0 saturated carbocycles. The molecule has 1 aliphatic heterocycles. The number of hydrogen-bond donors (Lipinski definition) is 1. The molecule has 0 spiro atoms. The van der Waals surface area contributed by atoms with Crippen molar-refractivity contribution in [1.82, 2.24) is 4.72 Å². The summed E-state index contributed by atoms with van der Waals surface area (Å²) in [5, 5.41) is 0. The fraction of sp³-hybridized carbons (Fsp3) is 0.368. The van der Waals surface area contributed by atoms with E-state index in [0.717, 1.165) is 17.5 Å². The average Bonchev–Trinajstić information content (AvgIpc) is 2.60. The number of nitrogens with one attached hydrogen (secondary N) is 1. The van der Waals surface area contributed by atoms with Crippen molar-refractivity contribution in [3.8, 4) is 0 Å². The van der Waals surface area contributed by atoms with Gasteiger partial charge < -0.3 is 0 Å². The second-order valence-corrected chi connectivity index (χ2v) is 10.6.